The summed E-state index contributed by atoms with van der Waals surface area (Å²) in [7, 11) is 0. The third kappa shape index (κ3) is 45.7. The SMILES string of the molecule is CCCCCCCCCCCCCCCCCCCCCC/C=C/CC/C=C/CCCC(O)C(O)C(CO)NC(=O)C(O)CCCCCCCCCCCCCCCCCCCC. The topological polar surface area (TPSA) is 110 Å². The Hall–Kier alpha value is -1.21. The zero-order valence-electron chi connectivity index (χ0n) is 42.3. The van der Waals surface area contributed by atoms with Crippen LogP contribution in [0.3, 0.4) is 0 Å². The molecule has 0 aromatic carbocycles. The molecule has 0 spiro atoms. The van der Waals surface area contributed by atoms with Crippen molar-refractivity contribution in [2.45, 2.75) is 327 Å². The van der Waals surface area contributed by atoms with Crippen LogP contribution < -0.4 is 5.32 Å². The number of hydrogen-bond donors (Lipinski definition) is 5. The number of unbranched alkanes of at least 4 members (excludes halogenated alkanes) is 39. The van der Waals surface area contributed by atoms with Crippen molar-refractivity contribution >= 4 is 5.91 Å². The van der Waals surface area contributed by atoms with Gasteiger partial charge in [-0.1, -0.05) is 276 Å². The lowest BCUT2D eigenvalue weighted by atomic mass is 10.00. The van der Waals surface area contributed by atoms with Crippen LogP contribution in [0.25, 0.3) is 0 Å². The van der Waals surface area contributed by atoms with E-state index in [-0.39, 0.29) is 0 Å². The van der Waals surface area contributed by atoms with E-state index in [1.807, 2.05) is 0 Å². The summed E-state index contributed by atoms with van der Waals surface area (Å²) < 4.78 is 0. The van der Waals surface area contributed by atoms with E-state index in [1.165, 1.54) is 231 Å². The van der Waals surface area contributed by atoms with Crippen LogP contribution in [0.4, 0.5) is 0 Å². The predicted octanol–water partition coefficient (Wildman–Crippen LogP) is 16.3. The minimum atomic E-state index is -1.29. The van der Waals surface area contributed by atoms with Crippen molar-refractivity contribution in [3.8, 4) is 0 Å². The van der Waals surface area contributed by atoms with E-state index < -0.39 is 36.9 Å². The molecule has 0 bridgehead atoms. The van der Waals surface area contributed by atoms with Gasteiger partial charge in [-0.2, -0.15) is 0 Å². The molecule has 4 atom stereocenters. The molecular formula is C57H111NO5. The molecule has 1 amide bonds. The summed E-state index contributed by atoms with van der Waals surface area (Å²) in [5.41, 5.74) is 0. The number of aliphatic hydroxyl groups excluding tert-OH is 4. The van der Waals surface area contributed by atoms with Crippen LogP contribution >= 0.6 is 0 Å². The van der Waals surface area contributed by atoms with Crippen molar-refractivity contribution < 1.29 is 25.2 Å². The summed E-state index contributed by atoms with van der Waals surface area (Å²) in [5, 5.41) is 43.9. The minimum absolute atomic E-state index is 0.364. The van der Waals surface area contributed by atoms with Gasteiger partial charge in [0.25, 0.3) is 0 Å². The van der Waals surface area contributed by atoms with Crippen molar-refractivity contribution in [2.75, 3.05) is 6.61 Å². The molecule has 0 heterocycles. The Morgan fingerprint density at radius 3 is 1.00 bits per heavy atom. The highest BCUT2D eigenvalue weighted by molar-refractivity contribution is 5.80. The van der Waals surface area contributed by atoms with Gasteiger partial charge in [0, 0.05) is 0 Å². The van der Waals surface area contributed by atoms with Gasteiger partial charge in [0.05, 0.1) is 18.8 Å². The number of rotatable bonds is 52. The number of amides is 1. The second-order valence-electron chi connectivity index (χ2n) is 19.6. The average molecular weight is 891 g/mol. The van der Waals surface area contributed by atoms with Crippen LogP contribution in [0.1, 0.15) is 303 Å². The molecule has 0 saturated heterocycles. The number of allylic oxidation sites excluding steroid dienone is 4. The van der Waals surface area contributed by atoms with Crippen molar-refractivity contribution in [3.05, 3.63) is 24.3 Å². The first-order chi connectivity index (χ1) is 31.0. The van der Waals surface area contributed by atoms with Crippen LogP contribution in [-0.2, 0) is 4.79 Å². The first-order valence-electron chi connectivity index (χ1n) is 28.2. The predicted molar refractivity (Wildman–Crippen MR) is 274 cm³/mol. The normalized spacial score (nSPS) is 13.9. The third-order valence-electron chi connectivity index (χ3n) is 13.4. The highest BCUT2D eigenvalue weighted by Crippen LogP contribution is 2.18. The third-order valence-corrected chi connectivity index (χ3v) is 13.4. The Bertz CT molecular complexity index is 955. The summed E-state index contributed by atoms with van der Waals surface area (Å²) >= 11 is 0. The van der Waals surface area contributed by atoms with Crippen LogP contribution in [0.2, 0.25) is 0 Å². The fraction of sp³-hybridized carbons (Fsp3) is 0.912. The molecule has 6 heteroatoms. The van der Waals surface area contributed by atoms with Gasteiger partial charge in [0.2, 0.25) is 5.91 Å². The van der Waals surface area contributed by atoms with Crippen LogP contribution in [0.15, 0.2) is 24.3 Å². The first-order valence-corrected chi connectivity index (χ1v) is 28.2. The Kier molecular flexibility index (Phi) is 50.8. The van der Waals surface area contributed by atoms with E-state index in [0.717, 1.165) is 38.5 Å². The van der Waals surface area contributed by atoms with E-state index in [2.05, 4.69) is 43.5 Å². The zero-order valence-corrected chi connectivity index (χ0v) is 42.3. The standard InChI is InChI=1S/C57H111NO5/c1-3-5-7-9-11-13-15-17-19-21-23-24-25-26-27-28-29-30-31-32-33-35-36-38-40-42-44-46-48-50-54(60)56(62)53(52-59)58-57(63)55(61)51-49-47-45-43-41-39-37-34-22-20-18-16-14-12-10-8-6-4-2/h35-36,42,44,53-56,59-62H,3-34,37-41,43,45-52H2,1-2H3,(H,58,63)/b36-35+,44-42+. The summed E-state index contributed by atoms with van der Waals surface area (Å²) in [4.78, 5) is 12.6. The molecule has 0 rings (SSSR count). The van der Waals surface area contributed by atoms with Crippen LogP contribution in [0, 0.1) is 0 Å². The van der Waals surface area contributed by atoms with E-state index in [9.17, 15) is 25.2 Å². The van der Waals surface area contributed by atoms with Gasteiger partial charge >= 0.3 is 0 Å². The van der Waals surface area contributed by atoms with E-state index in [1.54, 1.807) is 0 Å². The molecule has 5 N–H and O–H groups in total. The van der Waals surface area contributed by atoms with E-state index in [4.69, 9.17) is 0 Å². The molecule has 0 fully saturated rings. The summed E-state index contributed by atoms with van der Waals surface area (Å²) in [6, 6.07) is -1.01. The van der Waals surface area contributed by atoms with Crippen LogP contribution in [-0.4, -0.2) is 57.3 Å². The zero-order chi connectivity index (χ0) is 45.9. The lowest BCUT2D eigenvalue weighted by Crippen LogP contribution is -2.53. The molecule has 63 heavy (non-hydrogen) atoms. The van der Waals surface area contributed by atoms with Gasteiger partial charge < -0.3 is 25.7 Å². The van der Waals surface area contributed by atoms with Gasteiger partial charge in [-0.15, -0.1) is 0 Å². The molecule has 0 aliphatic heterocycles. The second kappa shape index (κ2) is 51.8. The maximum Gasteiger partial charge on any atom is 0.249 e. The molecule has 0 aromatic heterocycles. The molecule has 0 aliphatic carbocycles. The Morgan fingerprint density at radius 2 is 0.667 bits per heavy atom. The molecule has 0 saturated carbocycles. The van der Waals surface area contributed by atoms with Gasteiger partial charge in [-0.05, 0) is 51.4 Å². The fourth-order valence-electron chi connectivity index (χ4n) is 8.95. The maximum absolute atomic E-state index is 12.6. The molecule has 4 unspecified atom stereocenters. The van der Waals surface area contributed by atoms with E-state index in [0.29, 0.717) is 19.3 Å². The maximum atomic E-state index is 12.6. The molecule has 6 nitrogen and oxygen atoms in total. The first kappa shape index (κ1) is 61.8. The lowest BCUT2D eigenvalue weighted by Gasteiger charge is -2.27. The molecular weight excluding hydrogens is 779 g/mol. The fourth-order valence-corrected chi connectivity index (χ4v) is 8.95. The monoisotopic (exact) mass is 890 g/mol. The minimum Gasteiger partial charge on any atom is -0.394 e. The van der Waals surface area contributed by atoms with Gasteiger partial charge in [-0.25, -0.2) is 0 Å². The number of nitrogens with one attached hydrogen (secondary N) is 1. The number of carbonyl (C=O) groups excluding carboxylic acids is 1. The van der Waals surface area contributed by atoms with Gasteiger partial charge in [0.15, 0.2) is 0 Å². The van der Waals surface area contributed by atoms with Crippen molar-refractivity contribution in [3.63, 3.8) is 0 Å². The molecule has 0 aromatic rings. The summed E-state index contributed by atoms with van der Waals surface area (Å²) in [6.07, 6.45) is 62.5. The highest BCUT2D eigenvalue weighted by Gasteiger charge is 2.28. The van der Waals surface area contributed by atoms with Crippen molar-refractivity contribution in [1.29, 1.82) is 0 Å². The van der Waals surface area contributed by atoms with Gasteiger partial charge in [0.1, 0.15) is 12.2 Å². The largest absolute Gasteiger partial charge is 0.394 e. The second-order valence-corrected chi connectivity index (χ2v) is 19.6. The van der Waals surface area contributed by atoms with Gasteiger partial charge in [-0.3, -0.25) is 4.79 Å². The Labute approximate surface area is 393 Å². The number of hydrogen-bond acceptors (Lipinski definition) is 5. The molecule has 374 valence electrons. The molecule has 0 aliphatic rings. The highest BCUT2D eigenvalue weighted by atomic mass is 16.3. The average Bonchev–Trinajstić information content (AvgIpc) is 3.29. The van der Waals surface area contributed by atoms with Crippen molar-refractivity contribution in [2.24, 2.45) is 0 Å². The van der Waals surface area contributed by atoms with E-state index >= 15 is 0 Å². The quantitative estimate of drug-likeness (QED) is 0.0309. The lowest BCUT2D eigenvalue weighted by molar-refractivity contribution is -0.132. The number of aliphatic hydroxyl groups is 4. The summed E-state index contributed by atoms with van der Waals surface area (Å²) in [6.45, 7) is 4.07. The Balaban J connectivity index is 3.65. The van der Waals surface area contributed by atoms with Crippen molar-refractivity contribution in [1.82, 2.24) is 5.32 Å². The molecule has 0 radical (unpaired) electrons. The number of carbonyl (C=O) groups is 1. The smallest absolute Gasteiger partial charge is 0.249 e. The summed E-state index contributed by atoms with van der Waals surface area (Å²) in [5.74, 6) is -0.593. The van der Waals surface area contributed by atoms with Crippen LogP contribution in [0.5, 0.6) is 0 Å². The Morgan fingerprint density at radius 1 is 0.381 bits per heavy atom.